The average Bonchev–Trinajstić information content (AvgIpc) is 2.70. The molecule has 3 heteroatoms. The molecule has 1 unspecified atom stereocenters. The van der Waals surface area contributed by atoms with Gasteiger partial charge in [-0.3, -0.25) is 0 Å². The van der Waals surface area contributed by atoms with Crippen molar-refractivity contribution in [2.75, 3.05) is 11.9 Å². The van der Waals surface area contributed by atoms with E-state index in [-0.39, 0.29) is 5.41 Å². The molecule has 1 heterocycles. The van der Waals surface area contributed by atoms with Crippen LogP contribution in [-0.2, 0) is 5.41 Å². The molecular weight excluding hydrogens is 395 g/mol. The van der Waals surface area contributed by atoms with Gasteiger partial charge in [-0.1, -0.05) is 45.0 Å². The molecule has 1 aliphatic heterocycles. The number of para-hydroxylation sites is 2. The summed E-state index contributed by atoms with van der Waals surface area (Å²) in [5, 5.41) is 0. The Hall–Kier alpha value is -1.07. The van der Waals surface area contributed by atoms with Gasteiger partial charge in [-0.05, 0) is 24.0 Å². The Balaban J connectivity index is 2.25. The highest BCUT2D eigenvalue weighted by molar-refractivity contribution is 14.1. The molecule has 0 spiro atoms. The predicted octanol–water partition coefficient (Wildman–Crippen LogP) is 6.08. The standard InChI is InChI=1S/C20H26IN2/c1-14-11-12-16(20(3,4)5)13-19(14)23(21)15(2)22(6)17-9-7-8-10-18(17)23/h7-13,15H,1-6H3/q+1/t15-,23?/m0/s1. The average molecular weight is 421 g/mol. The van der Waals surface area contributed by atoms with Crippen molar-refractivity contribution in [3.63, 3.8) is 0 Å². The van der Waals surface area contributed by atoms with Crippen LogP contribution in [0.15, 0.2) is 42.5 Å². The van der Waals surface area contributed by atoms with E-state index in [0.29, 0.717) is 6.17 Å². The molecule has 3 rings (SSSR count). The van der Waals surface area contributed by atoms with E-state index in [9.17, 15) is 0 Å². The minimum absolute atomic E-state index is 0.159. The largest absolute Gasteiger partial charge is 0.320 e. The van der Waals surface area contributed by atoms with Crippen molar-refractivity contribution in [2.45, 2.75) is 46.2 Å². The maximum absolute atomic E-state index is 2.63. The van der Waals surface area contributed by atoms with Crippen LogP contribution < -0.4 is 7.60 Å². The lowest BCUT2D eigenvalue weighted by Crippen LogP contribution is -2.45. The molecule has 0 saturated heterocycles. The molecule has 2 nitrogen and oxygen atoms in total. The minimum atomic E-state index is 0.159. The zero-order valence-corrected chi connectivity index (χ0v) is 17.0. The lowest BCUT2D eigenvalue weighted by Gasteiger charge is -2.34. The molecule has 2 atom stereocenters. The number of halogens is 1. The Bertz CT molecular complexity index is 748. The second-order valence-electron chi connectivity index (χ2n) is 7.62. The Morgan fingerprint density at radius 1 is 1.04 bits per heavy atom. The zero-order chi connectivity index (χ0) is 17.0. The minimum Gasteiger partial charge on any atom is -0.320 e. The van der Waals surface area contributed by atoms with Gasteiger partial charge in [0.05, 0.1) is 0 Å². The molecule has 0 aliphatic carbocycles. The van der Waals surface area contributed by atoms with Crippen molar-refractivity contribution in [3.05, 3.63) is 53.6 Å². The molecule has 0 aromatic heterocycles. The van der Waals surface area contributed by atoms with Gasteiger partial charge >= 0.3 is 0 Å². The number of hydrogen-bond acceptors (Lipinski definition) is 1. The van der Waals surface area contributed by atoms with Crippen molar-refractivity contribution < 1.29 is 0 Å². The van der Waals surface area contributed by atoms with Crippen molar-refractivity contribution in [1.29, 1.82) is 0 Å². The van der Waals surface area contributed by atoms with Gasteiger partial charge in [-0.2, -0.15) is 2.70 Å². The predicted molar refractivity (Wildman–Crippen MR) is 110 cm³/mol. The Kier molecular flexibility index (Phi) is 4.00. The molecule has 122 valence electrons. The van der Waals surface area contributed by atoms with Gasteiger partial charge in [-0.25, -0.2) is 0 Å². The highest BCUT2D eigenvalue weighted by Crippen LogP contribution is 2.54. The van der Waals surface area contributed by atoms with Gasteiger partial charge in [-0.15, -0.1) is 0 Å². The number of aryl methyl sites for hydroxylation is 1. The number of quaternary nitrogens is 1. The topological polar surface area (TPSA) is 3.24 Å². The number of fused-ring (bicyclic) bond motifs is 1. The van der Waals surface area contributed by atoms with Gasteiger partial charge in [0.1, 0.15) is 11.4 Å². The van der Waals surface area contributed by atoms with Crippen LogP contribution >= 0.6 is 22.9 Å². The first-order valence-corrected chi connectivity index (χ1v) is 9.16. The highest BCUT2D eigenvalue weighted by Gasteiger charge is 2.49. The third-order valence-corrected chi connectivity index (χ3v) is 6.96. The normalized spacial score (nSPS) is 24.0. The number of anilines is 1. The first-order valence-electron chi connectivity index (χ1n) is 8.20. The Morgan fingerprint density at radius 2 is 1.70 bits per heavy atom. The van der Waals surface area contributed by atoms with E-state index in [1.165, 1.54) is 28.2 Å². The van der Waals surface area contributed by atoms with E-state index >= 15 is 0 Å². The quantitative estimate of drug-likeness (QED) is 0.399. The maximum Gasteiger partial charge on any atom is 0.262 e. The highest BCUT2D eigenvalue weighted by atomic mass is 127. The summed E-state index contributed by atoms with van der Waals surface area (Å²) in [5.74, 6) is 0. The van der Waals surface area contributed by atoms with E-state index in [4.69, 9.17) is 0 Å². The molecule has 0 saturated carbocycles. The number of hydrogen-bond donors (Lipinski definition) is 0. The summed E-state index contributed by atoms with van der Waals surface area (Å²) in [5.41, 5.74) is 7.00. The Labute approximate surface area is 154 Å². The number of nitrogens with zero attached hydrogens (tertiary/aromatic N) is 2. The molecule has 23 heavy (non-hydrogen) atoms. The van der Waals surface area contributed by atoms with Gasteiger partial charge < -0.3 is 4.90 Å². The summed E-state index contributed by atoms with van der Waals surface area (Å²) in [6.45, 7) is 11.4. The van der Waals surface area contributed by atoms with Crippen LogP contribution in [0.2, 0.25) is 0 Å². The van der Waals surface area contributed by atoms with E-state index < -0.39 is 0 Å². The monoisotopic (exact) mass is 421 g/mol. The van der Waals surface area contributed by atoms with Gasteiger partial charge in [0.2, 0.25) is 0 Å². The molecule has 1 aliphatic rings. The summed E-state index contributed by atoms with van der Waals surface area (Å²) < 4.78 is 0.806. The number of rotatable bonds is 1. The van der Waals surface area contributed by atoms with E-state index in [1.807, 2.05) is 0 Å². The van der Waals surface area contributed by atoms with Crippen LogP contribution in [-0.4, -0.2) is 13.2 Å². The van der Waals surface area contributed by atoms with Crippen LogP contribution in [0.3, 0.4) is 0 Å². The molecule has 0 N–H and O–H groups in total. The fraction of sp³-hybridized carbons (Fsp3) is 0.400. The fourth-order valence-corrected chi connectivity index (χ4v) is 4.74. The summed E-state index contributed by atoms with van der Waals surface area (Å²) in [4.78, 5) is 2.39. The lowest BCUT2D eigenvalue weighted by molar-refractivity contribution is 0.526. The summed E-state index contributed by atoms with van der Waals surface area (Å²) >= 11 is 2.63. The fourth-order valence-electron chi connectivity index (χ4n) is 3.44. The van der Waals surface area contributed by atoms with Crippen LogP contribution in [0.25, 0.3) is 0 Å². The molecule has 2 aromatic rings. The van der Waals surface area contributed by atoms with Crippen molar-refractivity contribution in [1.82, 2.24) is 2.70 Å². The van der Waals surface area contributed by atoms with Crippen LogP contribution in [0.1, 0.15) is 38.8 Å². The van der Waals surface area contributed by atoms with E-state index in [2.05, 4.69) is 112 Å². The molecule has 0 fully saturated rings. The first-order chi connectivity index (χ1) is 10.7. The summed E-state index contributed by atoms with van der Waals surface area (Å²) in [7, 11) is 2.20. The van der Waals surface area contributed by atoms with Gasteiger partial charge in [0, 0.05) is 31.7 Å². The van der Waals surface area contributed by atoms with Gasteiger partial charge in [0.15, 0.2) is 11.9 Å². The van der Waals surface area contributed by atoms with Crippen molar-refractivity contribution in [3.8, 4) is 0 Å². The molecule has 0 amide bonds. The molecule has 0 bridgehead atoms. The smallest absolute Gasteiger partial charge is 0.262 e. The van der Waals surface area contributed by atoms with E-state index in [0.717, 1.165) is 2.70 Å². The lowest BCUT2D eigenvalue weighted by atomic mass is 9.86. The zero-order valence-electron chi connectivity index (χ0n) is 14.9. The third kappa shape index (κ3) is 2.49. The summed E-state index contributed by atoms with van der Waals surface area (Å²) in [6, 6.07) is 15.7. The Morgan fingerprint density at radius 3 is 2.35 bits per heavy atom. The second-order valence-corrected chi connectivity index (χ2v) is 9.14. The maximum atomic E-state index is 2.63. The third-order valence-electron chi connectivity index (χ3n) is 5.11. The first kappa shape index (κ1) is 16.8. The number of benzene rings is 2. The van der Waals surface area contributed by atoms with E-state index in [1.54, 1.807) is 0 Å². The van der Waals surface area contributed by atoms with Gasteiger partial charge in [0.25, 0.3) is 22.9 Å². The summed E-state index contributed by atoms with van der Waals surface area (Å²) in [6.07, 6.45) is 0.363. The van der Waals surface area contributed by atoms with Crippen molar-refractivity contribution in [2.24, 2.45) is 0 Å². The van der Waals surface area contributed by atoms with Crippen LogP contribution in [0, 0.1) is 6.92 Å². The molecular formula is C20H26IN2+. The van der Waals surface area contributed by atoms with Crippen LogP contribution in [0.5, 0.6) is 0 Å². The second kappa shape index (κ2) is 5.49. The van der Waals surface area contributed by atoms with Crippen molar-refractivity contribution >= 4 is 39.9 Å². The van der Waals surface area contributed by atoms with Crippen LogP contribution in [0.4, 0.5) is 17.1 Å². The molecule has 2 aromatic carbocycles. The SMILES string of the molecule is Cc1ccc(C(C)(C)C)cc1[N+]1(I)c2ccccc2N(C)[C@@H]1C. The molecule has 0 radical (unpaired) electrons.